The van der Waals surface area contributed by atoms with Crippen molar-refractivity contribution in [3.8, 4) is 12.1 Å². The highest BCUT2D eigenvalue weighted by molar-refractivity contribution is 9.10. The van der Waals surface area contributed by atoms with Crippen molar-refractivity contribution in [1.29, 1.82) is 10.5 Å². The molecule has 1 saturated carbocycles. The van der Waals surface area contributed by atoms with Crippen molar-refractivity contribution in [1.82, 2.24) is 0 Å². The third-order valence-corrected chi connectivity index (χ3v) is 5.28. The van der Waals surface area contributed by atoms with E-state index >= 15 is 0 Å². The zero-order valence-corrected chi connectivity index (χ0v) is 13.0. The molecule has 0 radical (unpaired) electrons. The Hall–Kier alpha value is -1.93. The predicted octanol–water partition coefficient (Wildman–Crippen LogP) is 1.64. The maximum atomic E-state index is 9.91. The molecule has 3 atom stereocenters. The average molecular weight is 359 g/mol. The molecule has 0 bridgehead atoms. The van der Waals surface area contributed by atoms with Crippen molar-refractivity contribution in [3.63, 3.8) is 0 Å². The molecule has 3 aliphatic rings. The van der Waals surface area contributed by atoms with Crippen LogP contribution in [-0.4, -0.2) is 25.0 Å². The summed E-state index contributed by atoms with van der Waals surface area (Å²) in [6.45, 7) is 0.653. The number of fused-ring (bicyclic) bond motifs is 2. The highest BCUT2D eigenvalue weighted by Gasteiger charge is 2.94. The summed E-state index contributed by atoms with van der Waals surface area (Å²) >= 11 is 3.42. The molecule has 2 aliphatic heterocycles. The summed E-state index contributed by atoms with van der Waals surface area (Å²) in [7, 11) is 0. The molecule has 0 amide bonds. The SMILES string of the molecule is N#C[C@]12C(N)=NC3(OCCO3)[C@@]1(C#N)[C@H]2c1cccc(Br)c1. The number of nitriles is 2. The summed E-state index contributed by atoms with van der Waals surface area (Å²) in [6.07, 6.45) is 0. The third-order valence-electron chi connectivity index (χ3n) is 4.79. The second-order valence-corrected chi connectivity index (χ2v) is 6.52. The number of rotatable bonds is 1. The van der Waals surface area contributed by atoms with Crippen LogP contribution in [0.5, 0.6) is 0 Å². The van der Waals surface area contributed by atoms with Crippen LogP contribution in [0.3, 0.4) is 0 Å². The maximum absolute atomic E-state index is 9.91. The molecule has 0 aromatic heterocycles. The van der Waals surface area contributed by atoms with Crippen LogP contribution in [0.25, 0.3) is 0 Å². The Kier molecular flexibility index (Phi) is 2.54. The van der Waals surface area contributed by atoms with Crippen LogP contribution in [0.2, 0.25) is 0 Å². The van der Waals surface area contributed by atoms with Gasteiger partial charge in [0.2, 0.25) is 0 Å². The van der Waals surface area contributed by atoms with E-state index in [0.717, 1.165) is 10.0 Å². The number of halogens is 1. The molecule has 6 nitrogen and oxygen atoms in total. The van der Waals surface area contributed by atoms with Gasteiger partial charge in [-0.15, -0.1) is 0 Å². The van der Waals surface area contributed by atoms with Crippen LogP contribution < -0.4 is 5.73 Å². The first-order chi connectivity index (χ1) is 10.6. The van der Waals surface area contributed by atoms with E-state index in [1.807, 2.05) is 24.3 Å². The van der Waals surface area contributed by atoms with Gasteiger partial charge in [-0.3, -0.25) is 0 Å². The molecule has 1 spiro atoms. The highest BCUT2D eigenvalue weighted by atomic mass is 79.9. The quantitative estimate of drug-likeness (QED) is 0.821. The second-order valence-electron chi connectivity index (χ2n) is 5.60. The zero-order valence-electron chi connectivity index (χ0n) is 11.4. The largest absolute Gasteiger partial charge is 0.386 e. The van der Waals surface area contributed by atoms with Gasteiger partial charge in [0.25, 0.3) is 5.91 Å². The van der Waals surface area contributed by atoms with E-state index in [4.69, 9.17) is 15.2 Å². The maximum Gasteiger partial charge on any atom is 0.293 e. The standard InChI is InChI=1S/C15H11BrN4O2/c16-10-3-1-2-9(6-10)11-13(7-17)12(19)20-15(14(11,13)8-18)21-4-5-22-15/h1-3,6,11H,4-5H2,(H2,19,20)/t11-,13-,14-/m0/s1. The number of benzene rings is 1. The van der Waals surface area contributed by atoms with E-state index in [1.54, 1.807) is 0 Å². The Morgan fingerprint density at radius 2 is 2.00 bits per heavy atom. The first-order valence-corrected chi connectivity index (χ1v) is 7.59. The number of ether oxygens (including phenoxy) is 2. The minimum absolute atomic E-state index is 0.114. The first-order valence-electron chi connectivity index (χ1n) is 6.80. The van der Waals surface area contributed by atoms with Gasteiger partial charge >= 0.3 is 0 Å². The summed E-state index contributed by atoms with van der Waals surface area (Å²) in [5.41, 5.74) is 4.45. The number of hydrogen-bond donors (Lipinski definition) is 1. The Morgan fingerprint density at radius 1 is 1.27 bits per heavy atom. The fraction of sp³-hybridized carbons (Fsp3) is 0.400. The fourth-order valence-corrected chi connectivity index (χ4v) is 4.32. The van der Waals surface area contributed by atoms with Crippen molar-refractivity contribution in [2.45, 2.75) is 11.8 Å². The molecule has 110 valence electrons. The Balaban J connectivity index is 1.94. The Morgan fingerprint density at radius 3 is 2.59 bits per heavy atom. The van der Waals surface area contributed by atoms with E-state index < -0.39 is 22.7 Å². The van der Waals surface area contributed by atoms with Gasteiger partial charge in [-0.2, -0.15) is 10.5 Å². The van der Waals surface area contributed by atoms with Crippen molar-refractivity contribution < 1.29 is 9.47 Å². The van der Waals surface area contributed by atoms with Gasteiger partial charge in [0.15, 0.2) is 5.41 Å². The summed E-state index contributed by atoms with van der Waals surface area (Å²) in [4.78, 5) is 4.23. The van der Waals surface area contributed by atoms with Crippen molar-refractivity contribution in [3.05, 3.63) is 34.3 Å². The lowest BCUT2D eigenvalue weighted by molar-refractivity contribution is -0.184. The van der Waals surface area contributed by atoms with Gasteiger partial charge in [0.05, 0.1) is 25.4 Å². The van der Waals surface area contributed by atoms with E-state index in [1.165, 1.54) is 0 Å². The average Bonchev–Trinajstić information content (AvgIpc) is 2.77. The van der Waals surface area contributed by atoms with Gasteiger partial charge in [-0.25, -0.2) is 4.99 Å². The van der Waals surface area contributed by atoms with Crippen molar-refractivity contribution in [2.24, 2.45) is 21.6 Å². The fourth-order valence-electron chi connectivity index (χ4n) is 3.90. The molecule has 1 aromatic rings. The molecule has 7 heteroatoms. The van der Waals surface area contributed by atoms with Gasteiger partial charge in [-0.1, -0.05) is 28.1 Å². The number of hydrogen-bond acceptors (Lipinski definition) is 6. The lowest BCUT2D eigenvalue weighted by Gasteiger charge is -2.25. The predicted molar refractivity (Wildman–Crippen MR) is 79.2 cm³/mol. The topological polar surface area (TPSA) is 104 Å². The van der Waals surface area contributed by atoms with Crippen LogP contribution >= 0.6 is 15.9 Å². The van der Waals surface area contributed by atoms with E-state index in [9.17, 15) is 10.5 Å². The van der Waals surface area contributed by atoms with E-state index in [2.05, 4.69) is 33.1 Å². The Labute approximate surface area is 135 Å². The molecule has 22 heavy (non-hydrogen) atoms. The molecule has 1 aromatic carbocycles. The number of nitrogens with zero attached hydrogens (tertiary/aromatic N) is 3. The summed E-state index contributed by atoms with van der Waals surface area (Å²) < 4.78 is 12.2. The minimum Gasteiger partial charge on any atom is -0.386 e. The molecule has 1 aliphatic carbocycles. The van der Waals surface area contributed by atoms with Crippen molar-refractivity contribution >= 4 is 21.8 Å². The smallest absolute Gasteiger partial charge is 0.293 e. The lowest BCUT2D eigenvalue weighted by atomic mass is 9.94. The summed E-state index contributed by atoms with van der Waals surface area (Å²) in [5, 5.41) is 19.7. The molecule has 2 heterocycles. The lowest BCUT2D eigenvalue weighted by Crippen LogP contribution is -2.38. The van der Waals surface area contributed by atoms with E-state index in [-0.39, 0.29) is 5.84 Å². The zero-order chi connectivity index (χ0) is 15.6. The Bertz CT molecular complexity index is 789. The highest BCUT2D eigenvalue weighted by Crippen LogP contribution is 2.82. The van der Waals surface area contributed by atoms with Crippen LogP contribution in [0, 0.1) is 33.5 Å². The van der Waals surface area contributed by atoms with Crippen LogP contribution in [-0.2, 0) is 9.47 Å². The number of nitrogens with two attached hydrogens (primary N) is 1. The first kappa shape index (κ1) is 13.7. The molecule has 0 unspecified atom stereocenters. The van der Waals surface area contributed by atoms with Crippen LogP contribution in [0.1, 0.15) is 11.5 Å². The van der Waals surface area contributed by atoms with Crippen molar-refractivity contribution in [2.75, 3.05) is 13.2 Å². The summed E-state index contributed by atoms with van der Waals surface area (Å²) in [5.74, 6) is -1.78. The van der Waals surface area contributed by atoms with E-state index in [0.29, 0.717) is 13.2 Å². The van der Waals surface area contributed by atoms with Gasteiger partial charge in [0.1, 0.15) is 11.3 Å². The number of amidine groups is 1. The molecule has 2 N–H and O–H groups in total. The van der Waals surface area contributed by atoms with Gasteiger partial charge < -0.3 is 15.2 Å². The third kappa shape index (κ3) is 1.21. The molecule has 1 saturated heterocycles. The molecular formula is C15H11BrN4O2. The monoisotopic (exact) mass is 358 g/mol. The second kappa shape index (κ2) is 4.08. The number of aliphatic imine (C=N–C) groups is 1. The minimum atomic E-state index is -1.46. The van der Waals surface area contributed by atoms with Crippen LogP contribution in [0.4, 0.5) is 0 Å². The van der Waals surface area contributed by atoms with Gasteiger partial charge in [-0.05, 0) is 17.7 Å². The molecular weight excluding hydrogens is 348 g/mol. The summed E-state index contributed by atoms with van der Waals surface area (Å²) in [6, 6.07) is 12.0. The van der Waals surface area contributed by atoms with Gasteiger partial charge in [0, 0.05) is 10.4 Å². The van der Waals surface area contributed by atoms with Crippen LogP contribution in [0.15, 0.2) is 33.7 Å². The molecule has 4 rings (SSSR count). The normalized spacial score (nSPS) is 37.2. The molecule has 2 fully saturated rings.